The highest BCUT2D eigenvalue weighted by Gasteiger charge is 2.21. The van der Waals surface area contributed by atoms with Gasteiger partial charge < -0.3 is 14.0 Å². The Morgan fingerprint density at radius 1 is 1.22 bits per heavy atom. The molecule has 0 aliphatic heterocycles. The zero-order valence-electron chi connectivity index (χ0n) is 15.7. The SMILES string of the molecule is COC(=O)c1ccc2c(c1)-c1c(C)cc(OCC(C)CS(=O)[O-])cc1CC2. The maximum absolute atomic E-state index is 11.9. The number of methoxy groups -OCH3 is 1. The van der Waals surface area contributed by atoms with E-state index in [9.17, 15) is 13.6 Å². The lowest BCUT2D eigenvalue weighted by Gasteiger charge is -2.24. The van der Waals surface area contributed by atoms with Crippen LogP contribution in [0.25, 0.3) is 11.1 Å². The summed E-state index contributed by atoms with van der Waals surface area (Å²) in [4.78, 5) is 11.9. The lowest BCUT2D eigenvalue weighted by Crippen LogP contribution is -2.16. The van der Waals surface area contributed by atoms with Crippen LogP contribution in [-0.4, -0.2) is 34.2 Å². The van der Waals surface area contributed by atoms with Crippen molar-refractivity contribution in [1.82, 2.24) is 0 Å². The number of esters is 1. The van der Waals surface area contributed by atoms with Gasteiger partial charge in [-0.1, -0.05) is 24.1 Å². The summed E-state index contributed by atoms with van der Waals surface area (Å²) in [5.41, 5.74) is 6.23. The number of ether oxygens (including phenoxy) is 2. The quantitative estimate of drug-likeness (QED) is 0.561. The highest BCUT2D eigenvalue weighted by molar-refractivity contribution is 7.79. The third-order valence-electron chi connectivity index (χ3n) is 4.81. The predicted molar refractivity (Wildman–Crippen MR) is 104 cm³/mol. The summed E-state index contributed by atoms with van der Waals surface area (Å²) in [5, 5.41) is 0. The van der Waals surface area contributed by atoms with Crippen molar-refractivity contribution < 1.29 is 23.0 Å². The third-order valence-corrected chi connectivity index (χ3v) is 5.65. The Bertz CT molecular complexity index is 890. The fourth-order valence-electron chi connectivity index (χ4n) is 3.55. The number of hydrogen-bond acceptors (Lipinski definition) is 5. The number of hydrogen-bond donors (Lipinski definition) is 0. The average molecular weight is 387 g/mol. The van der Waals surface area contributed by atoms with E-state index in [0.29, 0.717) is 12.2 Å². The molecule has 0 N–H and O–H groups in total. The maximum atomic E-state index is 11.9. The van der Waals surface area contributed by atoms with Crippen molar-refractivity contribution in [3.8, 4) is 16.9 Å². The van der Waals surface area contributed by atoms with E-state index >= 15 is 0 Å². The molecule has 0 amide bonds. The third kappa shape index (κ3) is 4.39. The molecular weight excluding hydrogens is 364 g/mol. The lowest BCUT2D eigenvalue weighted by atomic mass is 9.82. The van der Waals surface area contributed by atoms with Crippen molar-refractivity contribution in [3.63, 3.8) is 0 Å². The zero-order chi connectivity index (χ0) is 19.6. The van der Waals surface area contributed by atoms with Gasteiger partial charge in [0.1, 0.15) is 5.75 Å². The van der Waals surface area contributed by atoms with Crippen molar-refractivity contribution in [1.29, 1.82) is 0 Å². The smallest absolute Gasteiger partial charge is 0.337 e. The summed E-state index contributed by atoms with van der Waals surface area (Å²) < 4.78 is 32.3. The van der Waals surface area contributed by atoms with Gasteiger partial charge in [-0.05, 0) is 71.8 Å². The largest absolute Gasteiger partial charge is 0.772 e. The standard InChI is InChI=1S/C21H24O5S/c1-13(12-27(23)24)11-26-18-8-14(2)20-16(9-18)6-4-15-5-7-17(10-19(15)20)21(22)25-3/h5,7-10,13H,4,6,11-12H2,1-3H3,(H,23,24)/p-1. The van der Waals surface area contributed by atoms with Gasteiger partial charge in [0.05, 0.1) is 19.3 Å². The fourth-order valence-corrected chi connectivity index (χ4v) is 4.11. The molecule has 2 unspecified atom stereocenters. The molecule has 0 radical (unpaired) electrons. The van der Waals surface area contributed by atoms with Gasteiger partial charge in [0.15, 0.2) is 0 Å². The molecule has 0 fully saturated rings. The molecule has 3 rings (SSSR count). The molecule has 1 aliphatic rings. The van der Waals surface area contributed by atoms with Crippen molar-refractivity contribution in [2.24, 2.45) is 5.92 Å². The Kier molecular flexibility index (Phi) is 5.97. The molecule has 0 aromatic heterocycles. The maximum Gasteiger partial charge on any atom is 0.337 e. The number of aryl methyl sites for hydroxylation is 3. The number of carbonyl (C=O) groups is 1. The van der Waals surface area contributed by atoms with Crippen LogP contribution in [0.2, 0.25) is 0 Å². The normalized spacial score (nSPS) is 14.7. The number of fused-ring (bicyclic) bond motifs is 3. The van der Waals surface area contributed by atoms with Gasteiger partial charge in [0.25, 0.3) is 0 Å². The minimum atomic E-state index is -2.06. The first-order valence-corrected chi connectivity index (χ1v) is 10.2. The number of carbonyl (C=O) groups excluding carboxylic acids is 1. The summed E-state index contributed by atoms with van der Waals surface area (Å²) in [6.07, 6.45) is 1.80. The molecule has 0 bridgehead atoms. The molecule has 2 aromatic carbocycles. The first kappa shape index (κ1) is 19.6. The monoisotopic (exact) mass is 387 g/mol. The van der Waals surface area contributed by atoms with Crippen LogP contribution in [0.5, 0.6) is 5.75 Å². The Morgan fingerprint density at radius 2 is 1.96 bits per heavy atom. The highest BCUT2D eigenvalue weighted by Crippen LogP contribution is 2.38. The summed E-state index contributed by atoms with van der Waals surface area (Å²) in [5.74, 6) is 0.436. The van der Waals surface area contributed by atoms with Crippen LogP contribution in [-0.2, 0) is 28.7 Å². The molecule has 144 valence electrons. The van der Waals surface area contributed by atoms with E-state index in [2.05, 4.69) is 0 Å². The van der Waals surface area contributed by atoms with Crippen LogP contribution >= 0.6 is 0 Å². The average Bonchev–Trinajstić information content (AvgIpc) is 2.64. The molecular formula is C21H23O5S-. The van der Waals surface area contributed by atoms with Crippen molar-refractivity contribution in [3.05, 3.63) is 52.6 Å². The van der Waals surface area contributed by atoms with Gasteiger partial charge in [-0.15, -0.1) is 0 Å². The lowest BCUT2D eigenvalue weighted by molar-refractivity contribution is 0.0600. The summed E-state index contributed by atoms with van der Waals surface area (Å²) in [6.45, 7) is 4.24. The molecule has 0 heterocycles. The van der Waals surface area contributed by atoms with E-state index in [1.165, 1.54) is 18.2 Å². The summed E-state index contributed by atoms with van der Waals surface area (Å²) in [6, 6.07) is 9.71. The van der Waals surface area contributed by atoms with Gasteiger partial charge in [0.2, 0.25) is 0 Å². The summed E-state index contributed by atoms with van der Waals surface area (Å²) in [7, 11) is 1.38. The number of benzene rings is 2. The molecule has 5 nitrogen and oxygen atoms in total. The first-order valence-electron chi connectivity index (χ1n) is 8.92. The van der Waals surface area contributed by atoms with Gasteiger partial charge in [-0.2, -0.15) is 0 Å². The molecule has 6 heteroatoms. The molecule has 0 saturated heterocycles. The molecule has 0 spiro atoms. The molecule has 27 heavy (non-hydrogen) atoms. The highest BCUT2D eigenvalue weighted by atomic mass is 32.2. The fraction of sp³-hybridized carbons (Fsp3) is 0.381. The Morgan fingerprint density at radius 3 is 2.67 bits per heavy atom. The summed E-state index contributed by atoms with van der Waals surface area (Å²) >= 11 is -2.06. The number of rotatable bonds is 6. The predicted octanol–water partition coefficient (Wildman–Crippen LogP) is 3.44. The zero-order valence-corrected chi connectivity index (χ0v) is 16.6. The second-order valence-corrected chi connectivity index (χ2v) is 7.97. The minimum absolute atomic E-state index is 0.0667. The van der Waals surface area contributed by atoms with E-state index in [-0.39, 0.29) is 17.6 Å². The molecule has 1 aliphatic carbocycles. The molecule has 2 aromatic rings. The van der Waals surface area contributed by atoms with Crippen LogP contribution in [0.4, 0.5) is 0 Å². The van der Waals surface area contributed by atoms with E-state index in [1.54, 1.807) is 0 Å². The van der Waals surface area contributed by atoms with Gasteiger partial charge >= 0.3 is 5.97 Å². The minimum Gasteiger partial charge on any atom is -0.772 e. The Balaban J connectivity index is 1.89. The van der Waals surface area contributed by atoms with Crippen molar-refractivity contribution in [2.45, 2.75) is 26.7 Å². The van der Waals surface area contributed by atoms with E-state index in [1.807, 2.05) is 44.2 Å². The van der Waals surface area contributed by atoms with Crippen LogP contribution in [0, 0.1) is 12.8 Å². The van der Waals surface area contributed by atoms with E-state index in [4.69, 9.17) is 9.47 Å². The van der Waals surface area contributed by atoms with Gasteiger partial charge in [-0.25, -0.2) is 4.79 Å². The van der Waals surface area contributed by atoms with E-state index in [0.717, 1.165) is 35.3 Å². The van der Waals surface area contributed by atoms with E-state index < -0.39 is 11.1 Å². The topological polar surface area (TPSA) is 75.7 Å². The van der Waals surface area contributed by atoms with Crippen LogP contribution in [0.15, 0.2) is 30.3 Å². The Hall–Kier alpha value is -2.18. The van der Waals surface area contributed by atoms with Gasteiger partial charge in [0, 0.05) is 11.7 Å². The first-order chi connectivity index (χ1) is 12.9. The van der Waals surface area contributed by atoms with Crippen LogP contribution < -0.4 is 4.74 Å². The Labute approximate surface area is 162 Å². The van der Waals surface area contributed by atoms with Crippen LogP contribution in [0.3, 0.4) is 0 Å². The second-order valence-electron chi connectivity index (χ2n) is 7.02. The van der Waals surface area contributed by atoms with Crippen molar-refractivity contribution in [2.75, 3.05) is 19.5 Å². The van der Waals surface area contributed by atoms with Crippen LogP contribution in [0.1, 0.15) is 34.0 Å². The molecule has 0 saturated carbocycles. The van der Waals surface area contributed by atoms with Gasteiger partial charge in [-0.3, -0.25) is 4.21 Å². The molecule has 2 atom stereocenters. The second kappa shape index (κ2) is 8.23. The van der Waals surface area contributed by atoms with Crippen molar-refractivity contribution >= 4 is 17.0 Å².